The van der Waals surface area contributed by atoms with Gasteiger partial charge in [-0.2, -0.15) is 0 Å². The molecular weight excluding hydrogens is 406 g/mol. The maximum atomic E-state index is 12.8. The van der Waals surface area contributed by atoms with Gasteiger partial charge in [0.05, 0.1) is 0 Å². The molecule has 6 heteroatoms. The highest BCUT2D eigenvalue weighted by atomic mass is 79.9. The topological polar surface area (TPSA) is 52.7 Å². The molecule has 0 bridgehead atoms. The molecule has 27 heavy (non-hydrogen) atoms. The third kappa shape index (κ3) is 5.55. The zero-order valence-electron chi connectivity index (χ0n) is 16.1. The van der Waals surface area contributed by atoms with Crippen molar-refractivity contribution in [2.45, 2.75) is 45.1 Å². The van der Waals surface area contributed by atoms with Crippen molar-refractivity contribution in [2.75, 3.05) is 32.7 Å². The van der Waals surface area contributed by atoms with Gasteiger partial charge in [0.15, 0.2) is 0 Å². The van der Waals surface area contributed by atoms with Gasteiger partial charge in [-0.3, -0.25) is 9.59 Å². The largest absolute Gasteiger partial charge is 0.354 e. The molecule has 2 heterocycles. The van der Waals surface area contributed by atoms with E-state index in [2.05, 4.69) is 33.1 Å². The predicted octanol–water partition coefficient (Wildman–Crippen LogP) is 3.29. The number of hydrogen-bond acceptors (Lipinski definition) is 3. The lowest BCUT2D eigenvalue weighted by molar-refractivity contribution is -0.124. The number of rotatable bonds is 6. The summed E-state index contributed by atoms with van der Waals surface area (Å²) in [5, 5.41) is 3.05. The average molecular weight is 436 g/mol. The first kappa shape index (κ1) is 20.3. The third-order valence-corrected chi connectivity index (χ3v) is 6.26. The van der Waals surface area contributed by atoms with Crippen LogP contribution in [0, 0.1) is 5.92 Å². The minimum atomic E-state index is -0.336. The van der Waals surface area contributed by atoms with Crippen LogP contribution in [0.15, 0.2) is 28.7 Å². The minimum Gasteiger partial charge on any atom is -0.354 e. The molecule has 2 amide bonds. The van der Waals surface area contributed by atoms with Crippen LogP contribution in [0.25, 0.3) is 0 Å². The standard InChI is InChI=1S/C21H30BrN3O2/c1-16-9-14-24(15-10-16)12-3-11-23-20(26)19-4-2-13-25(19)21(27)17-5-7-18(22)8-6-17/h5-8,16,19H,2-4,9-15H2,1H3,(H,23,26). The van der Waals surface area contributed by atoms with Crippen LogP contribution in [0.2, 0.25) is 0 Å². The van der Waals surface area contributed by atoms with Gasteiger partial charge in [0.1, 0.15) is 6.04 Å². The van der Waals surface area contributed by atoms with E-state index in [1.807, 2.05) is 12.1 Å². The average Bonchev–Trinajstić information content (AvgIpc) is 3.16. The van der Waals surface area contributed by atoms with Crippen molar-refractivity contribution in [3.05, 3.63) is 34.3 Å². The molecule has 1 unspecified atom stereocenters. The second-order valence-electron chi connectivity index (χ2n) is 7.83. The molecule has 0 saturated carbocycles. The highest BCUT2D eigenvalue weighted by Crippen LogP contribution is 2.21. The minimum absolute atomic E-state index is 0.00905. The number of nitrogens with zero attached hydrogens (tertiary/aromatic N) is 2. The van der Waals surface area contributed by atoms with Crippen molar-refractivity contribution >= 4 is 27.7 Å². The molecule has 0 aliphatic carbocycles. The molecule has 0 radical (unpaired) electrons. The fourth-order valence-corrected chi connectivity index (χ4v) is 4.22. The van der Waals surface area contributed by atoms with Gasteiger partial charge in [0.2, 0.25) is 5.91 Å². The quantitative estimate of drug-likeness (QED) is 0.697. The molecule has 2 aliphatic heterocycles. The van der Waals surface area contributed by atoms with Crippen molar-refractivity contribution in [1.29, 1.82) is 0 Å². The van der Waals surface area contributed by atoms with Crippen LogP contribution < -0.4 is 5.32 Å². The number of likely N-dealkylation sites (tertiary alicyclic amines) is 2. The normalized spacial score (nSPS) is 21.4. The van der Waals surface area contributed by atoms with Gasteiger partial charge >= 0.3 is 0 Å². The number of halogens is 1. The second kappa shape index (κ2) is 9.69. The molecule has 2 saturated heterocycles. The van der Waals surface area contributed by atoms with E-state index in [9.17, 15) is 9.59 Å². The van der Waals surface area contributed by atoms with Gasteiger partial charge < -0.3 is 15.1 Å². The summed E-state index contributed by atoms with van der Waals surface area (Å²) < 4.78 is 0.943. The number of carbonyl (C=O) groups excluding carboxylic acids is 2. The molecule has 148 valence electrons. The fraction of sp³-hybridized carbons (Fsp3) is 0.619. The third-order valence-electron chi connectivity index (χ3n) is 5.73. The van der Waals surface area contributed by atoms with Crippen LogP contribution in [-0.4, -0.2) is 60.4 Å². The van der Waals surface area contributed by atoms with E-state index in [0.29, 0.717) is 18.7 Å². The van der Waals surface area contributed by atoms with E-state index >= 15 is 0 Å². The zero-order chi connectivity index (χ0) is 19.2. The van der Waals surface area contributed by atoms with Crippen LogP contribution in [0.5, 0.6) is 0 Å². The summed E-state index contributed by atoms with van der Waals surface area (Å²) in [6.45, 7) is 7.04. The Bertz CT molecular complexity index is 641. The number of benzene rings is 1. The Hall–Kier alpha value is -1.40. The van der Waals surface area contributed by atoms with Gasteiger partial charge in [-0.1, -0.05) is 22.9 Å². The number of carbonyl (C=O) groups is 2. The zero-order valence-corrected chi connectivity index (χ0v) is 17.7. The lowest BCUT2D eigenvalue weighted by Crippen LogP contribution is -2.46. The highest BCUT2D eigenvalue weighted by Gasteiger charge is 2.34. The van der Waals surface area contributed by atoms with Crippen molar-refractivity contribution < 1.29 is 9.59 Å². The molecule has 1 aromatic rings. The molecule has 0 aromatic heterocycles. The van der Waals surface area contributed by atoms with Crippen LogP contribution in [0.3, 0.4) is 0 Å². The molecule has 0 spiro atoms. The van der Waals surface area contributed by atoms with Crippen LogP contribution >= 0.6 is 15.9 Å². The van der Waals surface area contributed by atoms with Crippen LogP contribution in [0.4, 0.5) is 0 Å². The molecule has 1 aromatic carbocycles. The summed E-state index contributed by atoms with van der Waals surface area (Å²) in [5.74, 6) is 0.783. The van der Waals surface area contributed by atoms with E-state index in [1.54, 1.807) is 17.0 Å². The predicted molar refractivity (Wildman–Crippen MR) is 111 cm³/mol. The summed E-state index contributed by atoms with van der Waals surface area (Å²) in [6.07, 6.45) is 5.15. The molecule has 1 N–H and O–H groups in total. The summed E-state index contributed by atoms with van der Waals surface area (Å²) in [5.41, 5.74) is 0.636. The van der Waals surface area contributed by atoms with Gasteiger partial charge in [-0.15, -0.1) is 0 Å². The van der Waals surface area contributed by atoms with E-state index < -0.39 is 0 Å². The Labute approximate surface area is 170 Å². The highest BCUT2D eigenvalue weighted by molar-refractivity contribution is 9.10. The van der Waals surface area contributed by atoms with E-state index in [-0.39, 0.29) is 17.9 Å². The second-order valence-corrected chi connectivity index (χ2v) is 8.75. The fourth-order valence-electron chi connectivity index (χ4n) is 3.96. The SMILES string of the molecule is CC1CCN(CCCNC(=O)C2CCCN2C(=O)c2ccc(Br)cc2)CC1. The van der Waals surface area contributed by atoms with Crippen LogP contribution in [0.1, 0.15) is 49.4 Å². The number of amides is 2. The van der Waals surface area contributed by atoms with Crippen molar-refractivity contribution in [2.24, 2.45) is 5.92 Å². The summed E-state index contributed by atoms with van der Waals surface area (Å²) in [7, 11) is 0. The number of nitrogens with one attached hydrogen (secondary N) is 1. The first-order valence-electron chi connectivity index (χ1n) is 10.1. The summed E-state index contributed by atoms with van der Waals surface area (Å²) in [6, 6.07) is 7.00. The number of piperidine rings is 1. The molecule has 2 fully saturated rings. The maximum absolute atomic E-state index is 12.8. The Morgan fingerprint density at radius 2 is 1.81 bits per heavy atom. The Balaban J connectivity index is 1.44. The smallest absolute Gasteiger partial charge is 0.254 e. The number of hydrogen-bond donors (Lipinski definition) is 1. The molecule has 2 aliphatic rings. The lowest BCUT2D eigenvalue weighted by atomic mass is 9.99. The Kier molecular flexibility index (Phi) is 7.30. The van der Waals surface area contributed by atoms with E-state index in [0.717, 1.165) is 36.2 Å². The molecular formula is C21H30BrN3O2. The molecule has 3 rings (SSSR count). The van der Waals surface area contributed by atoms with E-state index in [4.69, 9.17) is 0 Å². The molecule has 5 nitrogen and oxygen atoms in total. The van der Waals surface area contributed by atoms with Crippen molar-refractivity contribution in [3.63, 3.8) is 0 Å². The summed E-state index contributed by atoms with van der Waals surface area (Å²) >= 11 is 3.39. The van der Waals surface area contributed by atoms with Gasteiger partial charge in [-0.05, 0) is 81.9 Å². The summed E-state index contributed by atoms with van der Waals surface area (Å²) in [4.78, 5) is 29.6. The first-order chi connectivity index (χ1) is 13.0. The lowest BCUT2D eigenvalue weighted by Gasteiger charge is -2.30. The first-order valence-corrected chi connectivity index (χ1v) is 10.9. The van der Waals surface area contributed by atoms with E-state index in [1.165, 1.54) is 25.9 Å². The maximum Gasteiger partial charge on any atom is 0.254 e. The van der Waals surface area contributed by atoms with Gasteiger partial charge in [0, 0.05) is 23.1 Å². The van der Waals surface area contributed by atoms with Crippen LogP contribution in [-0.2, 0) is 4.79 Å². The molecule has 1 atom stereocenters. The van der Waals surface area contributed by atoms with Gasteiger partial charge in [0.25, 0.3) is 5.91 Å². The monoisotopic (exact) mass is 435 g/mol. The Morgan fingerprint density at radius 3 is 2.52 bits per heavy atom. The van der Waals surface area contributed by atoms with Crippen molar-refractivity contribution in [3.8, 4) is 0 Å². The van der Waals surface area contributed by atoms with Crippen molar-refractivity contribution in [1.82, 2.24) is 15.1 Å². The van der Waals surface area contributed by atoms with Gasteiger partial charge in [-0.25, -0.2) is 0 Å². The Morgan fingerprint density at radius 1 is 1.11 bits per heavy atom.